The number of hydrogen-bond acceptors (Lipinski definition) is 9. The van der Waals surface area contributed by atoms with E-state index >= 15 is 0 Å². The largest absolute Gasteiger partial charge is 0.326 e. The molecule has 6 aromatic heterocycles. The van der Waals surface area contributed by atoms with Gasteiger partial charge in [-0.2, -0.15) is 0 Å². The summed E-state index contributed by atoms with van der Waals surface area (Å²) in [6.45, 7) is 0.616. The lowest BCUT2D eigenvalue weighted by atomic mass is 10.2. The van der Waals surface area contributed by atoms with Crippen LogP contribution in [0.5, 0.6) is 0 Å². The minimum atomic E-state index is 0.616. The maximum absolute atomic E-state index is 7.09. The normalized spacial score (nSPS) is 9.97. The second-order valence-corrected chi connectivity index (χ2v) is 11.3. The highest BCUT2D eigenvalue weighted by Crippen LogP contribution is 2.28. The number of thiophene rings is 3. The first-order valence-electron chi connectivity index (χ1n) is 11.9. The standard InChI is InChI=1S/C10H10N2S.2C10H8N2S/c3*11-6-9-3-4-10(13-9)8-2-1-5-12-7-8/h1-5,7H,6,11H2;2*1-7,11H. The van der Waals surface area contributed by atoms with Gasteiger partial charge in [0.05, 0.1) is 0 Å². The topological polar surface area (TPSA) is 112 Å². The Morgan fingerprint density at radius 3 is 1.28 bits per heavy atom. The highest BCUT2D eigenvalue weighted by atomic mass is 32.1. The van der Waals surface area contributed by atoms with Crippen molar-refractivity contribution in [3.05, 3.63) is 125 Å². The number of aromatic nitrogens is 3. The Morgan fingerprint density at radius 1 is 0.564 bits per heavy atom. The molecule has 0 amide bonds. The van der Waals surface area contributed by atoms with E-state index in [-0.39, 0.29) is 0 Å². The zero-order valence-corrected chi connectivity index (χ0v) is 23.3. The molecule has 0 aromatic carbocycles. The van der Waals surface area contributed by atoms with E-state index in [0.29, 0.717) is 6.54 Å². The summed E-state index contributed by atoms with van der Waals surface area (Å²) in [5.74, 6) is 0. The van der Waals surface area contributed by atoms with Crippen LogP contribution in [0.15, 0.2) is 110 Å². The molecule has 194 valence electrons. The van der Waals surface area contributed by atoms with Gasteiger partial charge in [0.15, 0.2) is 0 Å². The lowest BCUT2D eigenvalue weighted by Gasteiger charge is -1.93. The van der Waals surface area contributed by atoms with Crippen LogP contribution in [0.2, 0.25) is 0 Å². The lowest BCUT2D eigenvalue weighted by molar-refractivity contribution is 1.11. The van der Waals surface area contributed by atoms with Crippen molar-refractivity contribution in [2.24, 2.45) is 5.73 Å². The van der Waals surface area contributed by atoms with Crippen LogP contribution in [0.25, 0.3) is 31.3 Å². The molecule has 6 nitrogen and oxygen atoms in total. The lowest BCUT2D eigenvalue weighted by Crippen LogP contribution is -1.90. The zero-order valence-electron chi connectivity index (χ0n) is 20.9. The van der Waals surface area contributed by atoms with Gasteiger partial charge in [-0.25, -0.2) is 0 Å². The Morgan fingerprint density at radius 2 is 0.974 bits per heavy atom. The first kappa shape index (κ1) is 27.9. The summed E-state index contributed by atoms with van der Waals surface area (Å²) in [5, 5.41) is 14.2. The summed E-state index contributed by atoms with van der Waals surface area (Å²) in [5.41, 5.74) is 8.92. The molecule has 0 saturated heterocycles. The number of hydrogen-bond donors (Lipinski definition) is 3. The maximum atomic E-state index is 7.09. The van der Waals surface area contributed by atoms with Crippen molar-refractivity contribution in [2.75, 3.05) is 0 Å². The SMILES string of the molecule is N=Cc1ccc(-c2cccnc2)s1.N=Cc1ccc(-c2cccnc2)s1.NCc1ccc(-c2cccnc2)s1. The fraction of sp³-hybridized carbons (Fsp3) is 0.0333. The van der Waals surface area contributed by atoms with E-state index in [9.17, 15) is 0 Å². The van der Waals surface area contributed by atoms with E-state index in [1.165, 1.54) is 22.2 Å². The van der Waals surface area contributed by atoms with Crippen LogP contribution in [0.3, 0.4) is 0 Å². The Balaban J connectivity index is 0.000000136. The van der Waals surface area contributed by atoms with E-state index in [4.69, 9.17) is 16.6 Å². The second kappa shape index (κ2) is 14.7. The number of nitrogens with one attached hydrogen (secondary N) is 2. The highest BCUT2D eigenvalue weighted by Gasteiger charge is 2.02. The average molecular weight is 567 g/mol. The molecule has 9 heteroatoms. The molecule has 4 N–H and O–H groups in total. The second-order valence-electron chi connectivity index (χ2n) is 7.89. The van der Waals surface area contributed by atoms with Gasteiger partial charge in [-0.3, -0.25) is 15.0 Å². The minimum absolute atomic E-state index is 0.616. The van der Waals surface area contributed by atoms with Crippen LogP contribution in [0.4, 0.5) is 0 Å². The molecule has 39 heavy (non-hydrogen) atoms. The fourth-order valence-corrected chi connectivity index (χ4v) is 5.86. The van der Waals surface area contributed by atoms with Crippen molar-refractivity contribution >= 4 is 46.4 Å². The Labute approximate surface area is 239 Å². The molecule has 0 radical (unpaired) electrons. The average Bonchev–Trinajstić information content (AvgIpc) is 3.80. The molecule has 0 spiro atoms. The van der Waals surface area contributed by atoms with Gasteiger partial charge in [-0.05, 0) is 54.6 Å². The predicted octanol–water partition coefficient (Wildman–Crippen LogP) is 7.88. The van der Waals surface area contributed by atoms with Crippen molar-refractivity contribution in [1.82, 2.24) is 15.0 Å². The Kier molecular flexibility index (Phi) is 10.5. The molecule has 0 saturated carbocycles. The fourth-order valence-electron chi connectivity index (χ4n) is 3.34. The van der Waals surface area contributed by atoms with Gasteiger partial charge < -0.3 is 16.6 Å². The Hall–Kier alpha value is -4.15. The van der Waals surface area contributed by atoms with Crippen molar-refractivity contribution < 1.29 is 0 Å². The van der Waals surface area contributed by atoms with Crippen molar-refractivity contribution in [2.45, 2.75) is 6.54 Å². The van der Waals surface area contributed by atoms with Gasteiger partial charge in [0, 0.05) is 102 Å². The first-order valence-corrected chi connectivity index (χ1v) is 14.4. The third kappa shape index (κ3) is 8.17. The predicted molar refractivity (Wildman–Crippen MR) is 166 cm³/mol. The van der Waals surface area contributed by atoms with Gasteiger partial charge in [-0.15, -0.1) is 34.0 Å². The molecular weight excluding hydrogens is 541 g/mol. The summed E-state index contributed by atoms with van der Waals surface area (Å²) in [4.78, 5) is 18.9. The Bertz CT molecular complexity index is 1490. The summed E-state index contributed by atoms with van der Waals surface area (Å²) in [7, 11) is 0. The third-order valence-electron chi connectivity index (χ3n) is 5.24. The van der Waals surface area contributed by atoms with E-state index in [1.807, 2.05) is 73.2 Å². The van der Waals surface area contributed by atoms with Crippen LogP contribution in [-0.2, 0) is 6.54 Å². The van der Waals surface area contributed by atoms with Gasteiger partial charge in [0.25, 0.3) is 0 Å². The molecule has 6 heterocycles. The van der Waals surface area contributed by atoms with Crippen LogP contribution in [0.1, 0.15) is 14.6 Å². The maximum Gasteiger partial charge on any atom is 0.0452 e. The molecule has 0 fully saturated rings. The third-order valence-corrected chi connectivity index (χ3v) is 8.56. The van der Waals surface area contributed by atoms with Crippen molar-refractivity contribution in [1.29, 1.82) is 10.8 Å². The number of nitrogens with two attached hydrogens (primary N) is 1. The minimum Gasteiger partial charge on any atom is -0.326 e. The molecule has 0 aliphatic heterocycles. The van der Waals surface area contributed by atoms with Crippen molar-refractivity contribution in [3.8, 4) is 31.3 Å². The van der Waals surface area contributed by atoms with E-state index < -0.39 is 0 Å². The van der Waals surface area contributed by atoms with Crippen LogP contribution in [0, 0.1) is 10.8 Å². The molecular formula is C30H26N6S3. The van der Waals surface area contributed by atoms with Crippen LogP contribution < -0.4 is 5.73 Å². The molecule has 0 bridgehead atoms. The summed E-state index contributed by atoms with van der Waals surface area (Å²) >= 11 is 4.93. The van der Waals surface area contributed by atoms with E-state index in [0.717, 1.165) is 36.2 Å². The summed E-state index contributed by atoms with van der Waals surface area (Å²) in [6.07, 6.45) is 13.6. The molecule has 0 atom stereocenters. The summed E-state index contributed by atoms with van der Waals surface area (Å²) < 4.78 is 0. The number of pyridine rings is 3. The van der Waals surface area contributed by atoms with E-state index in [2.05, 4.69) is 33.2 Å². The van der Waals surface area contributed by atoms with Crippen LogP contribution in [-0.4, -0.2) is 27.4 Å². The van der Waals surface area contributed by atoms with Gasteiger partial charge in [-0.1, -0.05) is 18.2 Å². The quantitative estimate of drug-likeness (QED) is 0.178. The highest BCUT2D eigenvalue weighted by molar-refractivity contribution is 7.17. The van der Waals surface area contributed by atoms with Crippen LogP contribution >= 0.6 is 34.0 Å². The molecule has 6 rings (SSSR count). The van der Waals surface area contributed by atoms with Crippen molar-refractivity contribution in [3.63, 3.8) is 0 Å². The molecule has 6 aromatic rings. The molecule has 0 unspecified atom stereocenters. The first-order chi connectivity index (χ1) is 19.2. The van der Waals surface area contributed by atoms with E-state index in [1.54, 1.807) is 52.6 Å². The molecule has 0 aliphatic carbocycles. The smallest absolute Gasteiger partial charge is 0.0452 e. The van der Waals surface area contributed by atoms with Gasteiger partial charge in [0.1, 0.15) is 0 Å². The number of rotatable bonds is 6. The zero-order chi connectivity index (χ0) is 27.3. The monoisotopic (exact) mass is 566 g/mol. The van der Waals surface area contributed by atoms with Gasteiger partial charge >= 0.3 is 0 Å². The van der Waals surface area contributed by atoms with Gasteiger partial charge in [0.2, 0.25) is 0 Å². The number of nitrogens with zero attached hydrogens (tertiary/aromatic N) is 3. The molecule has 0 aliphatic rings. The summed E-state index contributed by atoms with van der Waals surface area (Å²) in [6, 6.07) is 23.9.